The van der Waals surface area contributed by atoms with Crippen LogP contribution in [-0.2, 0) is 6.54 Å². The van der Waals surface area contributed by atoms with Gasteiger partial charge < -0.3 is 14.7 Å². The Morgan fingerprint density at radius 2 is 2.00 bits per heavy atom. The number of benzene rings is 2. The van der Waals surface area contributed by atoms with Crippen molar-refractivity contribution in [1.29, 1.82) is 5.26 Å². The number of rotatable bonds is 4. The van der Waals surface area contributed by atoms with Gasteiger partial charge in [-0.15, -0.1) is 0 Å². The van der Waals surface area contributed by atoms with E-state index in [-0.39, 0.29) is 11.4 Å². The minimum Gasteiger partial charge on any atom is -0.508 e. The molecule has 1 aliphatic heterocycles. The zero-order valence-electron chi connectivity index (χ0n) is 14.1. The van der Waals surface area contributed by atoms with Crippen molar-refractivity contribution < 1.29 is 9.84 Å². The molecular weight excluding hydrogens is 300 g/mol. The van der Waals surface area contributed by atoms with E-state index in [9.17, 15) is 5.11 Å². The number of anilines is 1. The topological polar surface area (TPSA) is 56.5 Å². The average Bonchev–Trinajstić information content (AvgIpc) is 2.62. The summed E-state index contributed by atoms with van der Waals surface area (Å²) in [6, 6.07) is 15.1. The van der Waals surface area contributed by atoms with Gasteiger partial charge in [-0.2, -0.15) is 5.26 Å². The average molecular weight is 322 g/mol. The van der Waals surface area contributed by atoms with E-state index in [1.54, 1.807) is 12.1 Å². The van der Waals surface area contributed by atoms with Crippen molar-refractivity contribution in [3.63, 3.8) is 0 Å². The van der Waals surface area contributed by atoms with Gasteiger partial charge in [0.05, 0.1) is 23.9 Å². The minimum atomic E-state index is -0.225. The molecule has 0 unspecified atom stereocenters. The van der Waals surface area contributed by atoms with Gasteiger partial charge in [-0.05, 0) is 42.7 Å². The predicted molar refractivity (Wildman–Crippen MR) is 94.3 cm³/mol. The molecule has 2 aromatic carbocycles. The second-order valence-electron chi connectivity index (χ2n) is 6.31. The van der Waals surface area contributed by atoms with E-state index in [2.05, 4.69) is 24.8 Å². The number of phenols is 1. The molecular formula is C20H22N2O2. The van der Waals surface area contributed by atoms with Crippen LogP contribution in [0.2, 0.25) is 0 Å². The SMILES string of the molecule is CCC1(CC)CN(Cc2cccc(C#N)c2)c2cc(O)ccc2O1. The van der Waals surface area contributed by atoms with Crippen LogP contribution in [0.4, 0.5) is 5.69 Å². The molecule has 4 heteroatoms. The quantitative estimate of drug-likeness (QED) is 0.915. The Kier molecular flexibility index (Phi) is 4.35. The van der Waals surface area contributed by atoms with Crippen molar-refractivity contribution in [3.05, 3.63) is 53.6 Å². The summed E-state index contributed by atoms with van der Waals surface area (Å²) in [5.74, 6) is 1.04. The zero-order valence-corrected chi connectivity index (χ0v) is 14.1. The Morgan fingerprint density at radius 3 is 2.71 bits per heavy atom. The highest BCUT2D eigenvalue weighted by molar-refractivity contribution is 5.63. The maximum atomic E-state index is 9.87. The summed E-state index contributed by atoms with van der Waals surface area (Å²) in [6.07, 6.45) is 1.83. The lowest BCUT2D eigenvalue weighted by molar-refractivity contribution is 0.0569. The van der Waals surface area contributed by atoms with Crippen LogP contribution in [0.15, 0.2) is 42.5 Å². The van der Waals surface area contributed by atoms with Gasteiger partial charge in [0.15, 0.2) is 0 Å². The third-order valence-electron chi connectivity index (χ3n) is 4.81. The van der Waals surface area contributed by atoms with E-state index >= 15 is 0 Å². The monoisotopic (exact) mass is 322 g/mol. The number of nitrogens with zero attached hydrogens (tertiary/aromatic N) is 2. The van der Waals surface area contributed by atoms with Gasteiger partial charge in [0.2, 0.25) is 0 Å². The summed E-state index contributed by atoms with van der Waals surface area (Å²) in [5, 5.41) is 19.0. The molecule has 0 spiro atoms. The molecule has 3 rings (SSSR count). The lowest BCUT2D eigenvalue weighted by Crippen LogP contribution is -2.50. The fraction of sp³-hybridized carbons (Fsp3) is 0.350. The van der Waals surface area contributed by atoms with Gasteiger partial charge in [-0.3, -0.25) is 0 Å². The number of phenolic OH excluding ortho intramolecular Hbond substituents is 1. The van der Waals surface area contributed by atoms with E-state index in [0.717, 1.165) is 36.4 Å². The van der Waals surface area contributed by atoms with Gasteiger partial charge in [-0.25, -0.2) is 0 Å². The van der Waals surface area contributed by atoms with Crippen LogP contribution in [0.3, 0.4) is 0 Å². The van der Waals surface area contributed by atoms with E-state index in [1.807, 2.05) is 30.3 Å². The third-order valence-corrected chi connectivity index (χ3v) is 4.81. The van der Waals surface area contributed by atoms with Gasteiger partial charge in [0.1, 0.15) is 17.1 Å². The molecule has 1 heterocycles. The van der Waals surface area contributed by atoms with Gasteiger partial charge in [-0.1, -0.05) is 26.0 Å². The fourth-order valence-electron chi connectivity index (χ4n) is 3.26. The Labute approximate surface area is 142 Å². The zero-order chi connectivity index (χ0) is 17.2. The van der Waals surface area contributed by atoms with Crippen molar-refractivity contribution >= 4 is 5.69 Å². The van der Waals surface area contributed by atoms with Gasteiger partial charge >= 0.3 is 0 Å². The van der Waals surface area contributed by atoms with E-state index in [4.69, 9.17) is 10.00 Å². The second-order valence-corrected chi connectivity index (χ2v) is 6.31. The van der Waals surface area contributed by atoms with Crippen LogP contribution in [0.25, 0.3) is 0 Å². The fourth-order valence-corrected chi connectivity index (χ4v) is 3.26. The molecule has 124 valence electrons. The Morgan fingerprint density at radius 1 is 1.21 bits per heavy atom. The summed E-state index contributed by atoms with van der Waals surface area (Å²) in [7, 11) is 0. The molecule has 0 radical (unpaired) electrons. The number of nitriles is 1. The van der Waals surface area contributed by atoms with E-state index in [1.165, 1.54) is 0 Å². The number of ether oxygens (including phenoxy) is 1. The number of hydrogen-bond donors (Lipinski definition) is 1. The summed E-state index contributed by atoms with van der Waals surface area (Å²) in [5.41, 5.74) is 2.41. The molecule has 0 saturated carbocycles. The second kappa shape index (κ2) is 6.45. The molecule has 0 atom stereocenters. The van der Waals surface area contributed by atoms with Crippen molar-refractivity contribution in [1.82, 2.24) is 0 Å². The van der Waals surface area contributed by atoms with Crippen LogP contribution in [-0.4, -0.2) is 17.3 Å². The summed E-state index contributed by atoms with van der Waals surface area (Å²) in [6.45, 7) is 5.72. The Hall–Kier alpha value is -2.67. The van der Waals surface area contributed by atoms with Crippen molar-refractivity contribution in [2.24, 2.45) is 0 Å². The van der Waals surface area contributed by atoms with Gasteiger partial charge in [0.25, 0.3) is 0 Å². The van der Waals surface area contributed by atoms with Crippen molar-refractivity contribution in [2.75, 3.05) is 11.4 Å². The normalized spacial score (nSPS) is 15.3. The molecule has 0 bridgehead atoms. The standard InChI is InChI=1S/C20H22N2O2/c1-3-20(4-2)14-22(13-16-7-5-6-15(10-16)12-21)18-11-17(23)8-9-19(18)24-20/h5-11,23H,3-4,13-14H2,1-2H3. The highest BCUT2D eigenvalue weighted by atomic mass is 16.5. The molecule has 1 aliphatic rings. The predicted octanol–water partition coefficient (Wildman–Crippen LogP) is 4.22. The first kappa shape index (κ1) is 16.2. The highest BCUT2D eigenvalue weighted by Crippen LogP contribution is 2.42. The number of fused-ring (bicyclic) bond motifs is 1. The number of aromatic hydroxyl groups is 1. The first-order valence-corrected chi connectivity index (χ1v) is 8.35. The van der Waals surface area contributed by atoms with Gasteiger partial charge in [0, 0.05) is 12.6 Å². The van der Waals surface area contributed by atoms with E-state index in [0.29, 0.717) is 12.1 Å². The first-order valence-electron chi connectivity index (χ1n) is 8.35. The lowest BCUT2D eigenvalue weighted by atomic mass is 9.93. The molecule has 0 amide bonds. The summed E-state index contributed by atoms with van der Waals surface area (Å²) in [4.78, 5) is 2.24. The molecule has 0 saturated heterocycles. The minimum absolute atomic E-state index is 0.225. The first-order chi connectivity index (χ1) is 11.6. The Bertz CT molecular complexity index is 775. The summed E-state index contributed by atoms with van der Waals surface area (Å²) >= 11 is 0. The molecule has 0 aromatic heterocycles. The maximum absolute atomic E-state index is 9.87. The van der Waals surface area contributed by atoms with Crippen molar-refractivity contribution in [3.8, 4) is 17.6 Å². The van der Waals surface area contributed by atoms with Crippen LogP contribution in [0, 0.1) is 11.3 Å². The highest BCUT2D eigenvalue weighted by Gasteiger charge is 2.37. The molecule has 0 fully saturated rings. The molecule has 2 aromatic rings. The maximum Gasteiger partial charge on any atom is 0.143 e. The Balaban J connectivity index is 1.98. The molecule has 0 aliphatic carbocycles. The largest absolute Gasteiger partial charge is 0.508 e. The molecule has 4 nitrogen and oxygen atoms in total. The van der Waals surface area contributed by atoms with Crippen LogP contribution < -0.4 is 9.64 Å². The number of hydrogen-bond acceptors (Lipinski definition) is 4. The van der Waals surface area contributed by atoms with Crippen LogP contribution in [0.1, 0.15) is 37.8 Å². The smallest absolute Gasteiger partial charge is 0.143 e. The summed E-state index contributed by atoms with van der Waals surface area (Å²) < 4.78 is 6.28. The molecule has 1 N–H and O–H groups in total. The molecule has 24 heavy (non-hydrogen) atoms. The van der Waals surface area contributed by atoms with Crippen LogP contribution >= 0.6 is 0 Å². The third kappa shape index (κ3) is 3.03. The van der Waals surface area contributed by atoms with E-state index < -0.39 is 0 Å². The lowest BCUT2D eigenvalue weighted by Gasteiger charge is -2.44. The van der Waals surface area contributed by atoms with Crippen LogP contribution in [0.5, 0.6) is 11.5 Å². The van der Waals surface area contributed by atoms with Crippen molar-refractivity contribution in [2.45, 2.75) is 38.8 Å².